The molecule has 0 aliphatic carbocycles. The van der Waals surface area contributed by atoms with Crippen molar-refractivity contribution in [3.05, 3.63) is 29.3 Å². The predicted octanol–water partition coefficient (Wildman–Crippen LogP) is 2.85. The smallest absolute Gasteiger partial charge is 0.122 e. The molecule has 2 heterocycles. The maximum Gasteiger partial charge on any atom is 0.122 e. The van der Waals surface area contributed by atoms with Gasteiger partial charge in [-0.1, -0.05) is 38.8 Å². The normalized spacial score (nSPS) is 19.3. The molecule has 4 nitrogen and oxygen atoms in total. The number of benzene rings is 1. The first-order valence-electron chi connectivity index (χ1n) is 9.59. The lowest BCUT2D eigenvalue weighted by Crippen LogP contribution is -2.51. The number of rotatable bonds is 8. The van der Waals surface area contributed by atoms with Crippen LogP contribution in [0.4, 0.5) is 0 Å². The van der Waals surface area contributed by atoms with Crippen LogP contribution in [0.25, 0.3) is 0 Å². The molecule has 1 fully saturated rings. The van der Waals surface area contributed by atoms with Crippen molar-refractivity contribution in [2.45, 2.75) is 45.7 Å². The molecular formula is C20H32N2O2. The summed E-state index contributed by atoms with van der Waals surface area (Å²) in [7, 11) is 0. The van der Waals surface area contributed by atoms with Gasteiger partial charge in [-0.25, -0.2) is 0 Å². The molecule has 1 aromatic rings. The minimum absolute atomic E-state index is 0.613. The van der Waals surface area contributed by atoms with E-state index in [4.69, 9.17) is 9.47 Å². The molecule has 4 heteroatoms. The Morgan fingerprint density at radius 1 is 1.12 bits per heavy atom. The molecule has 1 saturated heterocycles. The van der Waals surface area contributed by atoms with Crippen molar-refractivity contribution in [1.82, 2.24) is 10.2 Å². The summed E-state index contributed by atoms with van der Waals surface area (Å²) in [5.74, 6) is 1.82. The van der Waals surface area contributed by atoms with Gasteiger partial charge >= 0.3 is 0 Å². The molecule has 0 spiro atoms. The maximum absolute atomic E-state index is 5.60. The molecule has 2 aliphatic heterocycles. The largest absolute Gasteiger partial charge is 0.493 e. The highest BCUT2D eigenvalue weighted by Gasteiger charge is 2.26. The van der Waals surface area contributed by atoms with Crippen LogP contribution in [0.15, 0.2) is 18.2 Å². The van der Waals surface area contributed by atoms with E-state index in [9.17, 15) is 0 Å². The molecular weight excluding hydrogens is 300 g/mol. The van der Waals surface area contributed by atoms with Gasteiger partial charge in [0.25, 0.3) is 0 Å². The first-order chi connectivity index (χ1) is 11.8. The predicted molar refractivity (Wildman–Crippen MR) is 97.6 cm³/mol. The highest BCUT2D eigenvalue weighted by atomic mass is 16.5. The van der Waals surface area contributed by atoms with Gasteiger partial charge in [0, 0.05) is 38.6 Å². The molecule has 0 radical (unpaired) electrons. The summed E-state index contributed by atoms with van der Waals surface area (Å²) in [5.41, 5.74) is 2.73. The van der Waals surface area contributed by atoms with Gasteiger partial charge < -0.3 is 14.8 Å². The lowest BCUT2D eigenvalue weighted by Gasteiger charge is -2.39. The lowest BCUT2D eigenvalue weighted by molar-refractivity contribution is 0.00161. The van der Waals surface area contributed by atoms with Crippen LogP contribution < -0.4 is 10.1 Å². The Balaban J connectivity index is 1.56. The number of hydrogen-bond acceptors (Lipinski definition) is 4. The molecule has 0 bridgehead atoms. The molecule has 0 amide bonds. The second-order valence-corrected chi connectivity index (χ2v) is 6.96. The van der Waals surface area contributed by atoms with E-state index >= 15 is 0 Å². The molecule has 1 aromatic carbocycles. The second-order valence-electron chi connectivity index (χ2n) is 6.96. The summed E-state index contributed by atoms with van der Waals surface area (Å²) in [6, 6.07) is 7.23. The van der Waals surface area contributed by atoms with Crippen molar-refractivity contribution < 1.29 is 9.47 Å². The molecule has 24 heavy (non-hydrogen) atoms. The van der Waals surface area contributed by atoms with Crippen molar-refractivity contribution >= 4 is 0 Å². The van der Waals surface area contributed by atoms with Crippen LogP contribution in [0.3, 0.4) is 0 Å². The minimum atomic E-state index is 0.613. The Bertz CT molecular complexity index is 510. The summed E-state index contributed by atoms with van der Waals surface area (Å²) in [6.45, 7) is 11.4. The summed E-state index contributed by atoms with van der Waals surface area (Å²) in [4.78, 5) is 2.63. The van der Waals surface area contributed by atoms with Gasteiger partial charge in [-0.3, -0.25) is 4.90 Å². The Morgan fingerprint density at radius 3 is 2.67 bits per heavy atom. The fourth-order valence-electron chi connectivity index (χ4n) is 4.05. The topological polar surface area (TPSA) is 33.7 Å². The Hall–Kier alpha value is -1.10. The van der Waals surface area contributed by atoms with Gasteiger partial charge in [-0.2, -0.15) is 0 Å². The van der Waals surface area contributed by atoms with E-state index in [0.717, 1.165) is 64.1 Å². The molecule has 0 aromatic heterocycles. The Labute approximate surface area is 146 Å². The number of hydrogen-bond donors (Lipinski definition) is 1. The fourth-order valence-corrected chi connectivity index (χ4v) is 4.05. The van der Waals surface area contributed by atoms with E-state index in [-0.39, 0.29) is 0 Å². The molecule has 134 valence electrons. The van der Waals surface area contributed by atoms with E-state index in [2.05, 4.69) is 42.3 Å². The van der Waals surface area contributed by atoms with Gasteiger partial charge in [0.1, 0.15) is 5.75 Å². The molecule has 0 saturated carbocycles. The van der Waals surface area contributed by atoms with Crippen LogP contribution in [0.5, 0.6) is 5.75 Å². The fraction of sp³-hybridized carbons (Fsp3) is 0.700. The van der Waals surface area contributed by atoms with E-state index in [1.54, 1.807) is 0 Å². The first kappa shape index (κ1) is 17.7. The van der Waals surface area contributed by atoms with Gasteiger partial charge in [-0.15, -0.1) is 0 Å². The zero-order valence-corrected chi connectivity index (χ0v) is 15.2. The van der Waals surface area contributed by atoms with Crippen molar-refractivity contribution in [3.8, 4) is 5.75 Å². The van der Waals surface area contributed by atoms with E-state index in [0.29, 0.717) is 6.04 Å². The van der Waals surface area contributed by atoms with Crippen LogP contribution in [-0.4, -0.2) is 50.4 Å². The summed E-state index contributed by atoms with van der Waals surface area (Å²) in [6.07, 6.45) is 3.54. The third-order valence-electron chi connectivity index (χ3n) is 5.54. The van der Waals surface area contributed by atoms with Gasteiger partial charge in [0.05, 0.1) is 19.8 Å². The van der Waals surface area contributed by atoms with Crippen molar-refractivity contribution in [2.24, 2.45) is 5.92 Å². The second kappa shape index (κ2) is 8.84. The number of nitrogens with zero attached hydrogens (tertiary/aromatic N) is 1. The summed E-state index contributed by atoms with van der Waals surface area (Å²) >= 11 is 0. The molecule has 1 unspecified atom stereocenters. The summed E-state index contributed by atoms with van der Waals surface area (Å²) < 4.78 is 11.1. The highest BCUT2D eigenvalue weighted by molar-refractivity contribution is 5.39. The molecule has 1 N–H and O–H groups in total. The van der Waals surface area contributed by atoms with Crippen molar-refractivity contribution in [2.75, 3.05) is 39.5 Å². The number of fused-ring (bicyclic) bond motifs is 1. The van der Waals surface area contributed by atoms with Crippen LogP contribution in [0.1, 0.15) is 37.8 Å². The average Bonchev–Trinajstić information content (AvgIpc) is 3.10. The number of morpholine rings is 1. The van der Waals surface area contributed by atoms with Crippen LogP contribution >= 0.6 is 0 Å². The molecule has 1 atom stereocenters. The SMILES string of the molecule is CCC(CC)C(CNCc1ccc2c(c1)CCO2)N1CCOCC1. The van der Waals surface area contributed by atoms with Gasteiger partial charge in [0.2, 0.25) is 0 Å². The number of nitrogens with one attached hydrogen (secondary N) is 1. The monoisotopic (exact) mass is 332 g/mol. The quantitative estimate of drug-likeness (QED) is 0.794. The van der Waals surface area contributed by atoms with Gasteiger partial charge in [-0.05, 0) is 23.1 Å². The van der Waals surface area contributed by atoms with E-state index in [1.165, 1.54) is 24.0 Å². The van der Waals surface area contributed by atoms with E-state index < -0.39 is 0 Å². The summed E-state index contributed by atoms with van der Waals surface area (Å²) in [5, 5.41) is 3.72. The highest BCUT2D eigenvalue weighted by Crippen LogP contribution is 2.26. The van der Waals surface area contributed by atoms with Crippen LogP contribution in [-0.2, 0) is 17.7 Å². The maximum atomic E-state index is 5.60. The Morgan fingerprint density at radius 2 is 1.92 bits per heavy atom. The number of ether oxygens (including phenoxy) is 2. The van der Waals surface area contributed by atoms with Crippen molar-refractivity contribution in [3.63, 3.8) is 0 Å². The van der Waals surface area contributed by atoms with Crippen molar-refractivity contribution in [1.29, 1.82) is 0 Å². The zero-order valence-electron chi connectivity index (χ0n) is 15.2. The molecule has 2 aliphatic rings. The third-order valence-corrected chi connectivity index (χ3v) is 5.54. The average molecular weight is 332 g/mol. The minimum Gasteiger partial charge on any atom is -0.493 e. The zero-order chi connectivity index (χ0) is 16.8. The van der Waals surface area contributed by atoms with Crippen LogP contribution in [0.2, 0.25) is 0 Å². The molecule has 3 rings (SSSR count). The van der Waals surface area contributed by atoms with Crippen LogP contribution in [0, 0.1) is 5.92 Å². The first-order valence-corrected chi connectivity index (χ1v) is 9.59. The standard InChI is InChI=1S/C20H32N2O2/c1-3-17(4-2)19(22-8-11-23-12-9-22)15-21-14-16-5-6-20-18(13-16)7-10-24-20/h5-6,13,17,19,21H,3-4,7-12,14-15H2,1-2H3. The van der Waals surface area contributed by atoms with E-state index in [1.807, 2.05) is 0 Å². The Kier molecular flexibility index (Phi) is 6.52. The third kappa shape index (κ3) is 4.29. The van der Waals surface area contributed by atoms with Gasteiger partial charge in [0.15, 0.2) is 0 Å². The lowest BCUT2D eigenvalue weighted by atomic mass is 9.92.